The lowest BCUT2D eigenvalue weighted by atomic mass is 10.3. The molecule has 0 spiro atoms. The summed E-state index contributed by atoms with van der Waals surface area (Å²) in [4.78, 5) is 4.41. The normalized spacial score (nSPS) is 11.2. The average molecular weight is 303 g/mol. The standard InChI is InChI=1S/C12H13F4N5/c1-20(2)3-4-21-6-7(5-17-21)18-10-8(13)11(15)19-12(16)9(10)14/h5-6H,3-4H2,1-2H3,(H,18,19). The summed E-state index contributed by atoms with van der Waals surface area (Å²) in [5.74, 6) is -6.60. The van der Waals surface area contributed by atoms with E-state index in [0.29, 0.717) is 13.1 Å². The van der Waals surface area contributed by atoms with Crippen molar-refractivity contribution in [3.63, 3.8) is 0 Å². The van der Waals surface area contributed by atoms with Crippen LogP contribution < -0.4 is 5.32 Å². The number of anilines is 2. The Bertz CT molecular complexity index is 615. The Morgan fingerprint density at radius 2 is 1.76 bits per heavy atom. The van der Waals surface area contributed by atoms with Gasteiger partial charge in [0.15, 0.2) is 0 Å². The zero-order valence-corrected chi connectivity index (χ0v) is 11.4. The van der Waals surface area contributed by atoms with E-state index in [1.54, 1.807) is 0 Å². The molecule has 0 amide bonds. The van der Waals surface area contributed by atoms with Crippen LogP contribution in [0.4, 0.5) is 28.9 Å². The van der Waals surface area contributed by atoms with Crippen molar-refractivity contribution in [2.75, 3.05) is 26.0 Å². The number of nitrogens with one attached hydrogen (secondary N) is 1. The van der Waals surface area contributed by atoms with Crippen molar-refractivity contribution in [1.82, 2.24) is 19.7 Å². The fraction of sp³-hybridized carbons (Fsp3) is 0.333. The monoisotopic (exact) mass is 303 g/mol. The molecule has 0 fully saturated rings. The Labute approximate surface area is 118 Å². The third kappa shape index (κ3) is 3.48. The van der Waals surface area contributed by atoms with Gasteiger partial charge in [-0.2, -0.15) is 27.6 Å². The molecule has 21 heavy (non-hydrogen) atoms. The minimum Gasteiger partial charge on any atom is -0.348 e. The third-order valence-electron chi connectivity index (χ3n) is 2.68. The highest BCUT2D eigenvalue weighted by molar-refractivity contribution is 5.59. The van der Waals surface area contributed by atoms with Crippen LogP contribution in [0.15, 0.2) is 12.4 Å². The molecule has 114 valence electrons. The van der Waals surface area contributed by atoms with Gasteiger partial charge in [-0.25, -0.2) is 0 Å². The van der Waals surface area contributed by atoms with E-state index in [1.807, 2.05) is 19.0 Å². The van der Waals surface area contributed by atoms with Crippen LogP contribution >= 0.6 is 0 Å². The van der Waals surface area contributed by atoms with E-state index in [4.69, 9.17) is 0 Å². The third-order valence-corrected chi connectivity index (χ3v) is 2.68. The van der Waals surface area contributed by atoms with Crippen molar-refractivity contribution in [1.29, 1.82) is 0 Å². The van der Waals surface area contributed by atoms with Crippen molar-refractivity contribution < 1.29 is 17.6 Å². The molecule has 0 bridgehead atoms. The number of hydrogen-bond acceptors (Lipinski definition) is 4. The number of nitrogens with zero attached hydrogens (tertiary/aromatic N) is 4. The molecule has 0 atom stereocenters. The van der Waals surface area contributed by atoms with Gasteiger partial charge in [-0.1, -0.05) is 0 Å². The van der Waals surface area contributed by atoms with Gasteiger partial charge in [-0.05, 0) is 14.1 Å². The summed E-state index contributed by atoms with van der Waals surface area (Å²) in [5, 5.41) is 6.23. The first-order valence-electron chi connectivity index (χ1n) is 6.02. The second-order valence-electron chi connectivity index (χ2n) is 4.62. The van der Waals surface area contributed by atoms with Gasteiger partial charge in [0, 0.05) is 12.7 Å². The SMILES string of the molecule is CN(C)CCn1cc(Nc2c(F)c(F)nc(F)c2F)cn1. The highest BCUT2D eigenvalue weighted by Crippen LogP contribution is 2.25. The number of likely N-dealkylation sites (N-methyl/N-ethyl adjacent to an activating group) is 1. The molecule has 2 aromatic heterocycles. The first kappa shape index (κ1) is 15.2. The van der Waals surface area contributed by atoms with E-state index in [1.165, 1.54) is 17.1 Å². The van der Waals surface area contributed by atoms with Gasteiger partial charge in [-0.3, -0.25) is 4.68 Å². The summed E-state index contributed by atoms with van der Waals surface area (Å²) in [5.41, 5.74) is -0.733. The molecule has 2 heterocycles. The summed E-state index contributed by atoms with van der Waals surface area (Å²) in [7, 11) is 3.77. The Morgan fingerprint density at radius 1 is 1.14 bits per heavy atom. The van der Waals surface area contributed by atoms with Crippen molar-refractivity contribution in [3.05, 3.63) is 35.9 Å². The van der Waals surface area contributed by atoms with Gasteiger partial charge in [0.2, 0.25) is 11.6 Å². The lowest BCUT2D eigenvalue weighted by molar-refractivity contribution is 0.373. The van der Waals surface area contributed by atoms with Crippen LogP contribution in [-0.2, 0) is 6.54 Å². The molecule has 0 aliphatic carbocycles. The Balaban J connectivity index is 2.19. The van der Waals surface area contributed by atoms with Crippen LogP contribution in [0, 0.1) is 23.5 Å². The number of hydrogen-bond donors (Lipinski definition) is 1. The number of rotatable bonds is 5. The Morgan fingerprint density at radius 3 is 2.33 bits per heavy atom. The zero-order valence-electron chi connectivity index (χ0n) is 11.4. The summed E-state index contributed by atoms with van der Waals surface area (Å²) >= 11 is 0. The highest BCUT2D eigenvalue weighted by atomic mass is 19.2. The first-order valence-corrected chi connectivity index (χ1v) is 6.02. The zero-order chi connectivity index (χ0) is 15.6. The second kappa shape index (κ2) is 6.08. The Hall–Kier alpha value is -2.16. The molecule has 0 aromatic carbocycles. The first-order chi connectivity index (χ1) is 9.88. The van der Waals surface area contributed by atoms with E-state index in [2.05, 4.69) is 15.4 Å². The summed E-state index contributed by atoms with van der Waals surface area (Å²) in [6, 6.07) is 0. The fourth-order valence-electron chi connectivity index (χ4n) is 1.59. The number of aromatic nitrogens is 3. The van der Waals surface area contributed by atoms with Gasteiger partial charge >= 0.3 is 0 Å². The molecular formula is C12H13F4N5. The summed E-state index contributed by atoms with van der Waals surface area (Å²) < 4.78 is 54.4. The maximum Gasteiger partial charge on any atom is 0.253 e. The summed E-state index contributed by atoms with van der Waals surface area (Å²) in [6.07, 6.45) is 2.77. The average Bonchev–Trinajstić information content (AvgIpc) is 2.87. The van der Waals surface area contributed by atoms with Crippen molar-refractivity contribution >= 4 is 11.4 Å². The molecule has 0 unspecified atom stereocenters. The van der Waals surface area contributed by atoms with Crippen LogP contribution in [0.3, 0.4) is 0 Å². The predicted octanol–water partition coefficient (Wildman–Crippen LogP) is 2.14. The van der Waals surface area contributed by atoms with Gasteiger partial charge < -0.3 is 10.2 Å². The lowest BCUT2D eigenvalue weighted by Gasteiger charge is -2.09. The molecule has 0 radical (unpaired) electrons. The maximum absolute atomic E-state index is 13.4. The van der Waals surface area contributed by atoms with Gasteiger partial charge in [0.1, 0.15) is 5.69 Å². The number of halogens is 4. The minimum absolute atomic E-state index is 0.205. The molecule has 1 N–H and O–H groups in total. The van der Waals surface area contributed by atoms with Gasteiger partial charge in [0.25, 0.3) is 11.9 Å². The maximum atomic E-state index is 13.4. The van der Waals surface area contributed by atoms with Crippen LogP contribution in [0.2, 0.25) is 0 Å². The van der Waals surface area contributed by atoms with Crippen LogP contribution in [-0.4, -0.2) is 40.3 Å². The van der Waals surface area contributed by atoms with E-state index in [0.717, 1.165) is 0 Å². The van der Waals surface area contributed by atoms with Gasteiger partial charge in [-0.15, -0.1) is 0 Å². The molecule has 0 saturated heterocycles. The molecule has 0 aliphatic heterocycles. The fourth-order valence-corrected chi connectivity index (χ4v) is 1.59. The van der Waals surface area contributed by atoms with Crippen molar-refractivity contribution in [2.45, 2.75) is 6.54 Å². The minimum atomic E-state index is -1.71. The van der Waals surface area contributed by atoms with E-state index in [9.17, 15) is 17.6 Å². The van der Waals surface area contributed by atoms with E-state index < -0.39 is 29.2 Å². The van der Waals surface area contributed by atoms with Crippen LogP contribution in [0.25, 0.3) is 0 Å². The molecule has 0 aliphatic rings. The largest absolute Gasteiger partial charge is 0.348 e. The molecule has 9 heteroatoms. The molecule has 2 rings (SSSR count). The van der Waals surface area contributed by atoms with Crippen LogP contribution in [0.5, 0.6) is 0 Å². The highest BCUT2D eigenvalue weighted by Gasteiger charge is 2.21. The van der Waals surface area contributed by atoms with Gasteiger partial charge in [0.05, 0.1) is 18.4 Å². The smallest absolute Gasteiger partial charge is 0.253 e. The Kier molecular flexibility index (Phi) is 4.41. The van der Waals surface area contributed by atoms with E-state index in [-0.39, 0.29) is 5.69 Å². The van der Waals surface area contributed by atoms with Crippen molar-refractivity contribution in [3.8, 4) is 0 Å². The quantitative estimate of drug-likeness (QED) is 0.679. The molecule has 2 aromatic rings. The molecule has 5 nitrogen and oxygen atoms in total. The predicted molar refractivity (Wildman–Crippen MR) is 68.1 cm³/mol. The topological polar surface area (TPSA) is 46.0 Å². The number of pyridine rings is 1. The van der Waals surface area contributed by atoms with Crippen LogP contribution in [0.1, 0.15) is 0 Å². The second-order valence-corrected chi connectivity index (χ2v) is 4.62. The molecular weight excluding hydrogens is 290 g/mol. The van der Waals surface area contributed by atoms with Crippen molar-refractivity contribution in [2.24, 2.45) is 0 Å². The van der Waals surface area contributed by atoms with E-state index >= 15 is 0 Å². The lowest BCUT2D eigenvalue weighted by Crippen LogP contribution is -2.18. The summed E-state index contributed by atoms with van der Waals surface area (Å²) in [6.45, 7) is 1.26. The molecule has 0 saturated carbocycles.